The first-order valence-corrected chi connectivity index (χ1v) is 7.63. The molecule has 2 heterocycles. The van der Waals surface area contributed by atoms with Gasteiger partial charge in [0.2, 0.25) is 0 Å². The lowest BCUT2D eigenvalue weighted by molar-refractivity contribution is 0.0878. The van der Waals surface area contributed by atoms with Crippen LogP contribution in [0.15, 0.2) is 16.8 Å². The third-order valence-electron chi connectivity index (χ3n) is 3.63. The van der Waals surface area contributed by atoms with Gasteiger partial charge >= 0.3 is 0 Å². The van der Waals surface area contributed by atoms with Crippen LogP contribution in [-0.4, -0.2) is 35.2 Å². The van der Waals surface area contributed by atoms with Crippen molar-refractivity contribution in [1.82, 2.24) is 4.90 Å². The lowest BCUT2D eigenvalue weighted by Gasteiger charge is -2.36. The zero-order valence-electron chi connectivity index (χ0n) is 10.6. The Morgan fingerprint density at radius 1 is 1.53 bits per heavy atom. The molecule has 0 saturated carbocycles. The fourth-order valence-electron chi connectivity index (χ4n) is 2.72. The van der Waals surface area contributed by atoms with Crippen molar-refractivity contribution >= 4 is 11.3 Å². The molecule has 0 spiro atoms. The second-order valence-electron chi connectivity index (χ2n) is 5.15. The van der Waals surface area contributed by atoms with Crippen molar-refractivity contribution in [3.05, 3.63) is 22.4 Å². The van der Waals surface area contributed by atoms with Gasteiger partial charge in [-0.1, -0.05) is 6.42 Å². The fraction of sp³-hybridized carbons (Fsp3) is 0.714. The van der Waals surface area contributed by atoms with E-state index in [1.54, 1.807) is 11.3 Å². The third-order valence-corrected chi connectivity index (χ3v) is 4.36. The summed E-state index contributed by atoms with van der Waals surface area (Å²) < 4.78 is 0. The topological polar surface area (TPSA) is 23.5 Å². The number of rotatable bonds is 5. The second kappa shape index (κ2) is 6.53. The van der Waals surface area contributed by atoms with Crippen LogP contribution in [0.2, 0.25) is 0 Å². The number of piperidine rings is 1. The molecule has 0 aromatic carbocycles. The molecule has 1 aromatic heterocycles. The molecule has 0 amide bonds. The summed E-state index contributed by atoms with van der Waals surface area (Å²) in [4.78, 5) is 2.58. The number of nitrogens with zero attached hydrogens (tertiary/aromatic N) is 1. The zero-order valence-corrected chi connectivity index (χ0v) is 11.5. The van der Waals surface area contributed by atoms with Crippen LogP contribution in [0, 0.1) is 0 Å². The monoisotopic (exact) mass is 253 g/mol. The summed E-state index contributed by atoms with van der Waals surface area (Å²) in [6.45, 7) is 4.27. The Balaban J connectivity index is 1.83. The summed E-state index contributed by atoms with van der Waals surface area (Å²) in [6.07, 6.45) is 5.83. The number of aliphatic hydroxyl groups excluding tert-OH is 1. The van der Waals surface area contributed by atoms with Gasteiger partial charge in [0.1, 0.15) is 0 Å². The van der Waals surface area contributed by atoms with Gasteiger partial charge in [-0.15, -0.1) is 0 Å². The highest BCUT2D eigenvalue weighted by Gasteiger charge is 2.23. The van der Waals surface area contributed by atoms with Crippen molar-refractivity contribution in [3.8, 4) is 0 Å². The van der Waals surface area contributed by atoms with E-state index < -0.39 is 0 Å². The average molecular weight is 253 g/mol. The lowest BCUT2D eigenvalue weighted by atomic mass is 9.97. The molecule has 1 N–H and O–H groups in total. The number of hydrogen-bond acceptors (Lipinski definition) is 3. The fourth-order valence-corrected chi connectivity index (χ4v) is 3.43. The molecule has 2 atom stereocenters. The molecular weight excluding hydrogens is 230 g/mol. The van der Waals surface area contributed by atoms with E-state index in [1.807, 2.05) is 6.92 Å². The summed E-state index contributed by atoms with van der Waals surface area (Å²) in [5.41, 5.74) is 1.45. The minimum Gasteiger partial charge on any atom is -0.393 e. The Hall–Kier alpha value is -0.380. The summed E-state index contributed by atoms with van der Waals surface area (Å²) >= 11 is 1.78. The van der Waals surface area contributed by atoms with Gasteiger partial charge in [-0.25, -0.2) is 0 Å². The molecule has 0 bridgehead atoms. The minimum atomic E-state index is -0.165. The van der Waals surface area contributed by atoms with E-state index in [-0.39, 0.29) is 6.10 Å². The van der Waals surface area contributed by atoms with Crippen LogP contribution in [-0.2, 0) is 6.42 Å². The largest absolute Gasteiger partial charge is 0.393 e. The van der Waals surface area contributed by atoms with Gasteiger partial charge in [0.05, 0.1) is 6.10 Å². The number of likely N-dealkylation sites (tertiary alicyclic amines) is 1. The normalized spacial score (nSPS) is 23.8. The first kappa shape index (κ1) is 13.1. The van der Waals surface area contributed by atoms with E-state index in [0.29, 0.717) is 6.04 Å². The summed E-state index contributed by atoms with van der Waals surface area (Å²) in [5, 5.41) is 13.9. The van der Waals surface area contributed by atoms with Crippen LogP contribution < -0.4 is 0 Å². The maximum atomic E-state index is 9.55. The maximum Gasteiger partial charge on any atom is 0.0527 e. The molecule has 1 fully saturated rings. The van der Waals surface area contributed by atoms with Gasteiger partial charge in [-0.3, -0.25) is 4.90 Å². The van der Waals surface area contributed by atoms with E-state index >= 15 is 0 Å². The molecule has 1 saturated heterocycles. The van der Waals surface area contributed by atoms with Gasteiger partial charge in [-0.2, -0.15) is 11.3 Å². The number of thiophene rings is 1. The van der Waals surface area contributed by atoms with Crippen molar-refractivity contribution < 1.29 is 5.11 Å². The Morgan fingerprint density at radius 3 is 3.12 bits per heavy atom. The van der Waals surface area contributed by atoms with E-state index in [4.69, 9.17) is 0 Å². The van der Waals surface area contributed by atoms with Crippen molar-refractivity contribution in [2.75, 3.05) is 13.1 Å². The predicted octanol–water partition coefficient (Wildman–Crippen LogP) is 2.92. The zero-order chi connectivity index (χ0) is 12.1. The third kappa shape index (κ3) is 4.09. The summed E-state index contributed by atoms with van der Waals surface area (Å²) in [5.74, 6) is 0. The Kier molecular flexibility index (Phi) is 5.01. The van der Waals surface area contributed by atoms with E-state index in [0.717, 1.165) is 19.4 Å². The Labute approximate surface area is 108 Å². The SMILES string of the molecule is CC(O)CC1CCCCN1CCc1ccsc1. The minimum absolute atomic E-state index is 0.165. The first-order chi connectivity index (χ1) is 8.25. The molecule has 3 heteroatoms. The van der Waals surface area contributed by atoms with Crippen molar-refractivity contribution in [1.29, 1.82) is 0 Å². The van der Waals surface area contributed by atoms with Crippen LogP contribution in [0.5, 0.6) is 0 Å². The van der Waals surface area contributed by atoms with Crippen LogP contribution in [0.1, 0.15) is 38.2 Å². The van der Waals surface area contributed by atoms with Gasteiger partial charge in [0.15, 0.2) is 0 Å². The van der Waals surface area contributed by atoms with Crippen molar-refractivity contribution in [2.24, 2.45) is 0 Å². The smallest absolute Gasteiger partial charge is 0.0527 e. The highest BCUT2D eigenvalue weighted by molar-refractivity contribution is 7.07. The predicted molar refractivity (Wildman–Crippen MR) is 73.5 cm³/mol. The Bertz CT molecular complexity index is 310. The van der Waals surface area contributed by atoms with E-state index in [1.165, 1.54) is 31.4 Å². The molecule has 96 valence electrons. The maximum absolute atomic E-state index is 9.55. The van der Waals surface area contributed by atoms with Gasteiger partial charge in [0, 0.05) is 12.6 Å². The molecule has 2 nitrogen and oxygen atoms in total. The summed E-state index contributed by atoms with van der Waals surface area (Å²) in [6, 6.07) is 2.82. The molecule has 1 aliphatic heterocycles. The quantitative estimate of drug-likeness (QED) is 0.872. The Morgan fingerprint density at radius 2 is 2.41 bits per heavy atom. The molecule has 2 rings (SSSR count). The molecule has 1 aromatic rings. The summed E-state index contributed by atoms with van der Waals surface area (Å²) in [7, 11) is 0. The second-order valence-corrected chi connectivity index (χ2v) is 5.93. The highest BCUT2D eigenvalue weighted by Crippen LogP contribution is 2.21. The van der Waals surface area contributed by atoms with E-state index in [2.05, 4.69) is 21.7 Å². The van der Waals surface area contributed by atoms with Gasteiger partial charge in [-0.05, 0) is 61.5 Å². The van der Waals surface area contributed by atoms with Crippen LogP contribution in [0.4, 0.5) is 0 Å². The van der Waals surface area contributed by atoms with E-state index in [9.17, 15) is 5.11 Å². The van der Waals surface area contributed by atoms with Crippen LogP contribution >= 0.6 is 11.3 Å². The standard InChI is InChI=1S/C14H23NOS/c1-12(16)10-14-4-2-3-7-15(14)8-5-13-6-9-17-11-13/h6,9,11-12,14,16H,2-5,7-8,10H2,1H3. The molecule has 0 radical (unpaired) electrons. The lowest BCUT2D eigenvalue weighted by Crippen LogP contribution is -2.42. The molecule has 0 aliphatic carbocycles. The highest BCUT2D eigenvalue weighted by atomic mass is 32.1. The first-order valence-electron chi connectivity index (χ1n) is 6.69. The van der Waals surface area contributed by atoms with Gasteiger partial charge in [0.25, 0.3) is 0 Å². The van der Waals surface area contributed by atoms with Gasteiger partial charge < -0.3 is 5.11 Å². The molecule has 1 aliphatic rings. The molecule has 17 heavy (non-hydrogen) atoms. The molecule has 2 unspecified atom stereocenters. The molecular formula is C14H23NOS. The van der Waals surface area contributed by atoms with Crippen molar-refractivity contribution in [2.45, 2.75) is 51.2 Å². The number of aliphatic hydroxyl groups is 1. The average Bonchev–Trinajstić information content (AvgIpc) is 2.80. The van der Waals surface area contributed by atoms with Crippen LogP contribution in [0.3, 0.4) is 0 Å². The van der Waals surface area contributed by atoms with Crippen LogP contribution in [0.25, 0.3) is 0 Å². The number of hydrogen-bond donors (Lipinski definition) is 1. The van der Waals surface area contributed by atoms with Crippen molar-refractivity contribution in [3.63, 3.8) is 0 Å².